The van der Waals surface area contributed by atoms with Crippen LogP contribution in [0.25, 0.3) is 5.76 Å². The van der Waals surface area contributed by atoms with Crippen molar-refractivity contribution in [2.24, 2.45) is 0 Å². The van der Waals surface area contributed by atoms with Crippen LogP contribution in [-0.2, 0) is 14.3 Å². The van der Waals surface area contributed by atoms with Crippen molar-refractivity contribution in [1.82, 2.24) is 4.90 Å². The van der Waals surface area contributed by atoms with Crippen molar-refractivity contribution < 1.29 is 29.1 Å². The quantitative estimate of drug-likeness (QED) is 0.352. The molecule has 0 spiro atoms. The van der Waals surface area contributed by atoms with Crippen molar-refractivity contribution in [1.29, 1.82) is 0 Å². The number of methoxy groups -OCH3 is 1. The number of likely N-dealkylation sites (tertiary alicyclic amines) is 1. The summed E-state index contributed by atoms with van der Waals surface area (Å²) in [4.78, 5) is 29.1. The zero-order valence-electron chi connectivity index (χ0n) is 18.7. The highest BCUT2D eigenvalue weighted by Crippen LogP contribution is 2.39. The first-order valence-corrected chi connectivity index (χ1v) is 11.8. The molecule has 1 unspecified atom stereocenters. The van der Waals surface area contributed by atoms with Crippen LogP contribution in [0, 0.1) is 6.92 Å². The number of hydrogen-bond donors (Lipinski definition) is 1. The van der Waals surface area contributed by atoms with Crippen molar-refractivity contribution in [3.63, 3.8) is 0 Å². The molecule has 4 rings (SSSR count). The Bertz CT molecular complexity index is 1090. The Labute approximate surface area is 201 Å². The number of amides is 1. The normalized spacial score (nSPS) is 20.9. The summed E-state index contributed by atoms with van der Waals surface area (Å²) in [6.45, 7) is 6.00. The summed E-state index contributed by atoms with van der Waals surface area (Å²) >= 11 is 3.47. The highest BCUT2D eigenvalue weighted by Gasteiger charge is 2.44. The summed E-state index contributed by atoms with van der Waals surface area (Å²) < 4.78 is 11.5. The van der Waals surface area contributed by atoms with Crippen LogP contribution in [0.1, 0.15) is 22.7 Å². The fourth-order valence-electron chi connectivity index (χ4n) is 4.49. The number of ketones is 1. The Balaban J connectivity index is 1.75. The van der Waals surface area contributed by atoms with Crippen LogP contribution in [0.3, 0.4) is 0 Å². The number of ether oxygens (including phenoxy) is 2. The molecule has 2 aliphatic rings. The van der Waals surface area contributed by atoms with Gasteiger partial charge in [0.1, 0.15) is 18.8 Å². The van der Waals surface area contributed by atoms with Gasteiger partial charge in [0.05, 0.1) is 39.5 Å². The number of Topliss-reactive ketones (excluding diaryl/α,β-unsaturated/α-hetero) is 1. The van der Waals surface area contributed by atoms with E-state index in [2.05, 4.69) is 15.9 Å². The average molecular weight is 515 g/mol. The largest absolute Gasteiger partial charge is 0.872 e. The van der Waals surface area contributed by atoms with Crippen molar-refractivity contribution >= 4 is 33.4 Å². The molecule has 1 amide bonds. The molecule has 0 saturated carbocycles. The van der Waals surface area contributed by atoms with Gasteiger partial charge >= 0.3 is 0 Å². The zero-order valence-corrected chi connectivity index (χ0v) is 20.3. The third-order valence-corrected chi connectivity index (χ3v) is 6.75. The fourth-order valence-corrected chi connectivity index (χ4v) is 4.90. The van der Waals surface area contributed by atoms with E-state index in [1.165, 1.54) is 4.90 Å². The minimum atomic E-state index is -0.726. The lowest BCUT2D eigenvalue weighted by molar-refractivity contribution is -0.907. The van der Waals surface area contributed by atoms with Gasteiger partial charge in [-0.05, 0) is 47.9 Å². The summed E-state index contributed by atoms with van der Waals surface area (Å²) in [6.07, 6.45) is 0. The topological polar surface area (TPSA) is 83.3 Å². The van der Waals surface area contributed by atoms with E-state index in [0.29, 0.717) is 37.6 Å². The van der Waals surface area contributed by atoms with E-state index < -0.39 is 23.5 Å². The van der Waals surface area contributed by atoms with Crippen molar-refractivity contribution in [2.75, 3.05) is 46.5 Å². The number of hydrogen-bond acceptors (Lipinski definition) is 5. The molecule has 8 heteroatoms. The monoisotopic (exact) mass is 514 g/mol. The Morgan fingerprint density at radius 2 is 1.97 bits per heavy atom. The second-order valence-corrected chi connectivity index (χ2v) is 9.24. The maximum absolute atomic E-state index is 13.6. The van der Waals surface area contributed by atoms with Gasteiger partial charge in [-0.3, -0.25) is 9.59 Å². The van der Waals surface area contributed by atoms with Gasteiger partial charge in [0.2, 0.25) is 5.78 Å². The minimum Gasteiger partial charge on any atom is -0.872 e. The second-order valence-electron chi connectivity index (χ2n) is 8.32. The van der Waals surface area contributed by atoms with Gasteiger partial charge in [0, 0.05) is 10.0 Å². The number of nitrogens with zero attached hydrogens (tertiary/aromatic N) is 1. The van der Waals surface area contributed by atoms with Crippen LogP contribution in [0.4, 0.5) is 0 Å². The second kappa shape index (κ2) is 10.1. The Hall–Kier alpha value is -2.68. The summed E-state index contributed by atoms with van der Waals surface area (Å²) in [7, 11) is 1.56. The molecule has 1 N–H and O–H groups in total. The maximum Gasteiger partial charge on any atom is 0.295 e. The van der Waals surface area contributed by atoms with E-state index in [1.54, 1.807) is 30.2 Å². The number of carbonyl (C=O) groups excluding carboxylic acids is 2. The van der Waals surface area contributed by atoms with E-state index in [0.717, 1.165) is 28.7 Å². The lowest BCUT2D eigenvalue weighted by Crippen LogP contribution is -3.14. The molecule has 0 radical (unpaired) electrons. The average Bonchev–Trinajstić information content (AvgIpc) is 3.07. The van der Waals surface area contributed by atoms with Crippen molar-refractivity contribution in [3.8, 4) is 5.75 Å². The number of benzene rings is 2. The van der Waals surface area contributed by atoms with Crippen molar-refractivity contribution in [2.45, 2.75) is 13.0 Å². The van der Waals surface area contributed by atoms with Crippen LogP contribution >= 0.6 is 15.9 Å². The molecule has 33 heavy (non-hydrogen) atoms. The predicted octanol–water partition coefficient (Wildman–Crippen LogP) is 0.905. The minimum absolute atomic E-state index is 0.000329. The molecular weight excluding hydrogens is 488 g/mol. The summed E-state index contributed by atoms with van der Waals surface area (Å²) in [5, 5.41) is 13.6. The third-order valence-electron chi connectivity index (χ3n) is 6.26. The van der Waals surface area contributed by atoms with Gasteiger partial charge < -0.3 is 24.4 Å². The van der Waals surface area contributed by atoms with Gasteiger partial charge in [-0.25, -0.2) is 0 Å². The van der Waals surface area contributed by atoms with Gasteiger partial charge in [-0.2, -0.15) is 0 Å². The molecule has 174 valence electrons. The molecule has 0 aliphatic carbocycles. The molecule has 2 aromatic rings. The number of rotatable bonds is 6. The van der Waals surface area contributed by atoms with E-state index in [9.17, 15) is 14.7 Å². The lowest BCUT2D eigenvalue weighted by Gasteiger charge is -2.30. The summed E-state index contributed by atoms with van der Waals surface area (Å²) in [5.74, 6) is -1.12. The molecule has 2 saturated heterocycles. The van der Waals surface area contributed by atoms with E-state index in [4.69, 9.17) is 9.47 Å². The summed E-state index contributed by atoms with van der Waals surface area (Å²) in [5.41, 5.74) is 1.88. The van der Waals surface area contributed by atoms with Crippen LogP contribution in [0.5, 0.6) is 5.75 Å². The fraction of sp³-hybridized carbons (Fsp3) is 0.360. The lowest BCUT2D eigenvalue weighted by atomic mass is 9.95. The Morgan fingerprint density at radius 1 is 1.21 bits per heavy atom. The highest BCUT2D eigenvalue weighted by molar-refractivity contribution is 9.10. The molecule has 0 aromatic heterocycles. The Kier molecular flexibility index (Phi) is 7.17. The van der Waals surface area contributed by atoms with E-state index >= 15 is 0 Å². The van der Waals surface area contributed by atoms with Gasteiger partial charge in [-0.1, -0.05) is 39.9 Å². The number of carbonyl (C=O) groups is 2. The first-order valence-electron chi connectivity index (χ1n) is 11.0. The SMILES string of the molecule is COc1ccc(/C([O-])=C2\C(=O)C(=O)N(CC[NH+]3CCOCC3)C2c2cccc(Br)c2)cc1C. The maximum atomic E-state index is 13.6. The summed E-state index contributed by atoms with van der Waals surface area (Å²) in [6, 6.07) is 11.7. The molecule has 1 atom stereocenters. The molecular formula is C25H27BrN2O5. The van der Waals surface area contributed by atoms with Crippen LogP contribution in [-0.4, -0.2) is 63.1 Å². The van der Waals surface area contributed by atoms with Gasteiger partial charge in [0.15, 0.2) is 0 Å². The number of quaternary nitrogens is 1. The number of aryl methyl sites for hydroxylation is 1. The standard InChI is InChI=1S/C25H27BrN2O5/c1-16-14-18(6-7-20(16)32-2)23(29)21-22(17-4-3-5-19(26)15-17)28(25(31)24(21)30)9-8-27-10-12-33-13-11-27/h3-7,14-15,22,29H,8-13H2,1-2H3/b23-21+. The van der Waals surface area contributed by atoms with E-state index in [1.807, 2.05) is 31.2 Å². The molecule has 2 fully saturated rings. The third kappa shape index (κ3) is 4.83. The molecule has 2 aromatic carbocycles. The van der Waals surface area contributed by atoms with Crippen LogP contribution in [0.15, 0.2) is 52.5 Å². The number of morpholine rings is 1. The van der Waals surface area contributed by atoms with E-state index in [-0.39, 0.29) is 5.57 Å². The predicted molar refractivity (Wildman–Crippen MR) is 125 cm³/mol. The number of halogens is 1. The first kappa shape index (κ1) is 23.5. The van der Waals surface area contributed by atoms with Gasteiger partial charge in [0.25, 0.3) is 5.91 Å². The molecule has 2 aliphatic heterocycles. The number of nitrogens with one attached hydrogen (secondary N) is 1. The van der Waals surface area contributed by atoms with Gasteiger partial charge in [-0.15, -0.1) is 0 Å². The smallest absolute Gasteiger partial charge is 0.295 e. The van der Waals surface area contributed by atoms with Crippen molar-refractivity contribution in [3.05, 3.63) is 69.2 Å². The zero-order chi connectivity index (χ0) is 23.5. The highest BCUT2D eigenvalue weighted by atomic mass is 79.9. The molecule has 0 bridgehead atoms. The Morgan fingerprint density at radius 3 is 2.64 bits per heavy atom. The molecule has 2 heterocycles. The van der Waals surface area contributed by atoms with Crippen LogP contribution in [0.2, 0.25) is 0 Å². The van der Waals surface area contributed by atoms with Crippen LogP contribution < -0.4 is 14.7 Å². The molecule has 7 nitrogen and oxygen atoms in total. The first-order chi connectivity index (χ1) is 15.9.